The lowest BCUT2D eigenvalue weighted by Gasteiger charge is -2.05. The number of halogens is 1. The zero-order chi connectivity index (χ0) is 11.7. The van der Waals surface area contributed by atoms with Crippen molar-refractivity contribution in [3.05, 3.63) is 53.9 Å². The second-order valence-corrected chi connectivity index (χ2v) is 4.36. The molecule has 0 aliphatic carbocycles. The van der Waals surface area contributed by atoms with Crippen molar-refractivity contribution in [2.24, 2.45) is 0 Å². The minimum Gasteiger partial charge on any atom is -0.346 e. The predicted octanol–water partition coefficient (Wildman–Crippen LogP) is 3.19. The van der Waals surface area contributed by atoms with Crippen molar-refractivity contribution in [3.63, 3.8) is 0 Å². The van der Waals surface area contributed by atoms with E-state index in [-0.39, 0.29) is 0 Å². The average molecular weight is 246 g/mol. The van der Waals surface area contributed by atoms with Gasteiger partial charge in [-0.15, -0.1) is 0 Å². The Balaban J connectivity index is 1.88. The van der Waals surface area contributed by atoms with Gasteiger partial charge in [-0.3, -0.25) is 4.68 Å². The normalized spacial score (nSPS) is 11.1. The first-order chi connectivity index (χ1) is 8.34. The molecule has 0 amide bonds. The van der Waals surface area contributed by atoms with E-state index in [0.29, 0.717) is 0 Å². The van der Waals surface area contributed by atoms with Crippen LogP contribution in [0.25, 0.3) is 10.9 Å². The zero-order valence-electron chi connectivity index (χ0n) is 9.25. The summed E-state index contributed by atoms with van der Waals surface area (Å²) in [6, 6.07) is 9.98. The van der Waals surface area contributed by atoms with Gasteiger partial charge in [0.1, 0.15) is 0 Å². The van der Waals surface area contributed by atoms with Gasteiger partial charge in [-0.1, -0.05) is 17.7 Å². The molecule has 0 saturated carbocycles. The number of rotatable bonds is 3. The molecule has 0 fully saturated rings. The molecule has 0 unspecified atom stereocenters. The summed E-state index contributed by atoms with van der Waals surface area (Å²) in [5, 5.41) is 6.10. The molecule has 1 aromatic carbocycles. The van der Waals surface area contributed by atoms with Crippen molar-refractivity contribution in [2.45, 2.75) is 13.1 Å². The molecule has 4 heteroatoms. The summed E-state index contributed by atoms with van der Waals surface area (Å²) in [7, 11) is 0. The van der Waals surface area contributed by atoms with Crippen LogP contribution in [-0.2, 0) is 13.1 Å². The van der Waals surface area contributed by atoms with Crippen LogP contribution in [0.4, 0.5) is 0 Å². The quantitative estimate of drug-likeness (QED) is 0.695. The Labute approximate surface area is 104 Å². The molecular weight excluding hydrogens is 234 g/mol. The molecule has 0 atom stereocenters. The molecule has 0 spiro atoms. The van der Waals surface area contributed by atoms with Crippen LogP contribution in [0.2, 0.25) is 5.02 Å². The fourth-order valence-electron chi connectivity index (χ4n) is 2.02. The van der Waals surface area contributed by atoms with Crippen molar-refractivity contribution in [1.29, 1.82) is 0 Å². The molecule has 17 heavy (non-hydrogen) atoms. The first kappa shape index (κ1) is 10.4. The monoisotopic (exact) mass is 245 g/mol. The first-order valence-corrected chi connectivity index (χ1v) is 5.93. The topological polar surface area (TPSA) is 22.8 Å². The Hall–Kier alpha value is -1.74. The Bertz CT molecular complexity index is 625. The highest BCUT2D eigenvalue weighted by Crippen LogP contribution is 2.24. The van der Waals surface area contributed by atoms with Crippen LogP contribution >= 0.6 is 11.6 Å². The number of nitrogens with zero attached hydrogens (tertiary/aromatic N) is 3. The maximum Gasteiger partial charge on any atom is 0.0588 e. The third-order valence-corrected chi connectivity index (χ3v) is 3.22. The summed E-state index contributed by atoms with van der Waals surface area (Å²) in [6.07, 6.45) is 5.84. The van der Waals surface area contributed by atoms with Crippen LogP contribution in [0.5, 0.6) is 0 Å². The summed E-state index contributed by atoms with van der Waals surface area (Å²) in [5.41, 5.74) is 1.17. The third kappa shape index (κ3) is 1.94. The number of benzene rings is 1. The molecule has 0 N–H and O–H groups in total. The number of hydrogen-bond donors (Lipinski definition) is 0. The summed E-state index contributed by atoms with van der Waals surface area (Å²) in [6.45, 7) is 1.76. The standard InChI is InChI=1S/C13H12ClN3/c14-12-3-1-4-13-11(12)5-8-16(13)9-10-17-7-2-6-15-17/h1-8H,9-10H2. The van der Waals surface area contributed by atoms with Gasteiger partial charge in [0.2, 0.25) is 0 Å². The Morgan fingerprint density at radius 2 is 2.00 bits per heavy atom. The van der Waals surface area contributed by atoms with Crippen LogP contribution in [0.1, 0.15) is 0 Å². The molecule has 0 saturated heterocycles. The molecular formula is C13H12ClN3. The number of fused-ring (bicyclic) bond motifs is 1. The number of aromatic nitrogens is 3. The molecule has 86 valence electrons. The van der Waals surface area contributed by atoms with Crippen molar-refractivity contribution < 1.29 is 0 Å². The molecule has 2 heterocycles. The summed E-state index contributed by atoms with van der Waals surface area (Å²) < 4.78 is 4.12. The SMILES string of the molecule is Clc1cccc2c1ccn2CCn1cccn1. The maximum atomic E-state index is 6.14. The van der Waals surface area contributed by atoms with Gasteiger partial charge in [0.15, 0.2) is 0 Å². The lowest BCUT2D eigenvalue weighted by atomic mass is 10.2. The molecule has 2 aromatic heterocycles. The lowest BCUT2D eigenvalue weighted by molar-refractivity contribution is 0.543. The van der Waals surface area contributed by atoms with Crippen LogP contribution in [0, 0.1) is 0 Å². The van der Waals surface area contributed by atoms with E-state index in [2.05, 4.69) is 28.0 Å². The second kappa shape index (κ2) is 4.26. The van der Waals surface area contributed by atoms with Gasteiger partial charge in [0, 0.05) is 41.1 Å². The van der Waals surface area contributed by atoms with Gasteiger partial charge in [-0.2, -0.15) is 5.10 Å². The minimum absolute atomic E-state index is 0.806. The summed E-state index contributed by atoms with van der Waals surface area (Å²) in [5.74, 6) is 0. The van der Waals surface area contributed by atoms with Crippen molar-refractivity contribution in [1.82, 2.24) is 14.3 Å². The maximum absolute atomic E-state index is 6.14. The summed E-state index contributed by atoms with van der Waals surface area (Å²) >= 11 is 6.14. The van der Waals surface area contributed by atoms with E-state index >= 15 is 0 Å². The fourth-order valence-corrected chi connectivity index (χ4v) is 2.26. The van der Waals surface area contributed by atoms with E-state index in [9.17, 15) is 0 Å². The van der Waals surface area contributed by atoms with E-state index in [1.165, 1.54) is 5.52 Å². The third-order valence-electron chi connectivity index (χ3n) is 2.89. The van der Waals surface area contributed by atoms with Gasteiger partial charge in [0.25, 0.3) is 0 Å². The Kier molecular flexibility index (Phi) is 2.61. The van der Waals surface area contributed by atoms with Crippen LogP contribution in [0.3, 0.4) is 0 Å². The number of hydrogen-bond acceptors (Lipinski definition) is 1. The first-order valence-electron chi connectivity index (χ1n) is 5.55. The fraction of sp³-hybridized carbons (Fsp3) is 0.154. The molecule has 0 bridgehead atoms. The molecule has 3 nitrogen and oxygen atoms in total. The van der Waals surface area contributed by atoms with Crippen LogP contribution in [0.15, 0.2) is 48.9 Å². The van der Waals surface area contributed by atoms with Gasteiger partial charge in [0.05, 0.1) is 6.54 Å². The molecule has 0 radical (unpaired) electrons. The minimum atomic E-state index is 0.806. The second-order valence-electron chi connectivity index (χ2n) is 3.95. The smallest absolute Gasteiger partial charge is 0.0588 e. The average Bonchev–Trinajstić information content (AvgIpc) is 2.95. The van der Waals surface area contributed by atoms with E-state index in [4.69, 9.17) is 11.6 Å². The molecule has 3 rings (SSSR count). The van der Waals surface area contributed by atoms with E-state index < -0.39 is 0 Å². The van der Waals surface area contributed by atoms with Gasteiger partial charge < -0.3 is 4.57 Å². The Morgan fingerprint density at radius 3 is 2.82 bits per heavy atom. The van der Waals surface area contributed by atoms with Gasteiger partial charge in [-0.25, -0.2) is 0 Å². The largest absolute Gasteiger partial charge is 0.346 e. The molecule has 0 aliphatic heterocycles. The Morgan fingerprint density at radius 1 is 1.06 bits per heavy atom. The summed E-state index contributed by atoms with van der Waals surface area (Å²) in [4.78, 5) is 0. The lowest BCUT2D eigenvalue weighted by Crippen LogP contribution is -2.06. The van der Waals surface area contributed by atoms with Crippen LogP contribution in [-0.4, -0.2) is 14.3 Å². The van der Waals surface area contributed by atoms with Crippen LogP contribution < -0.4 is 0 Å². The highest BCUT2D eigenvalue weighted by molar-refractivity contribution is 6.35. The zero-order valence-corrected chi connectivity index (χ0v) is 10.0. The van der Waals surface area contributed by atoms with Gasteiger partial charge >= 0.3 is 0 Å². The van der Waals surface area contributed by atoms with E-state index in [1.807, 2.05) is 29.1 Å². The van der Waals surface area contributed by atoms with Crippen molar-refractivity contribution in [3.8, 4) is 0 Å². The predicted molar refractivity (Wildman–Crippen MR) is 69.2 cm³/mol. The molecule has 3 aromatic rings. The van der Waals surface area contributed by atoms with Gasteiger partial charge in [-0.05, 0) is 24.3 Å². The van der Waals surface area contributed by atoms with Crippen molar-refractivity contribution >= 4 is 22.5 Å². The highest BCUT2D eigenvalue weighted by Gasteiger charge is 2.03. The number of aryl methyl sites for hydroxylation is 2. The van der Waals surface area contributed by atoms with E-state index in [0.717, 1.165) is 23.5 Å². The van der Waals surface area contributed by atoms with Crippen molar-refractivity contribution in [2.75, 3.05) is 0 Å². The molecule has 0 aliphatic rings. The van der Waals surface area contributed by atoms with E-state index in [1.54, 1.807) is 6.20 Å². The highest BCUT2D eigenvalue weighted by atomic mass is 35.5.